The minimum Gasteiger partial charge on any atom is -0.508 e. The predicted molar refractivity (Wildman–Crippen MR) is 94.3 cm³/mol. The van der Waals surface area contributed by atoms with E-state index in [4.69, 9.17) is 0 Å². The number of hydrogen-bond donors (Lipinski definition) is 1. The number of benzene rings is 2. The van der Waals surface area contributed by atoms with Crippen LogP contribution in [0.3, 0.4) is 0 Å². The zero-order valence-corrected chi connectivity index (χ0v) is 14.5. The maximum Gasteiger partial charge on any atom is 0.120 e. The van der Waals surface area contributed by atoms with Crippen LogP contribution in [-0.4, -0.2) is 23.1 Å². The zero-order chi connectivity index (χ0) is 15.5. The molecule has 1 atom stereocenters. The van der Waals surface area contributed by atoms with Gasteiger partial charge in [-0.15, -0.1) is 0 Å². The Morgan fingerprint density at radius 3 is 2.36 bits per heavy atom. The van der Waals surface area contributed by atoms with Crippen molar-refractivity contribution in [2.45, 2.75) is 32.2 Å². The first-order chi connectivity index (χ1) is 10.6. The van der Waals surface area contributed by atoms with Crippen LogP contribution in [0.25, 0.3) is 0 Å². The van der Waals surface area contributed by atoms with Crippen molar-refractivity contribution < 1.29 is 5.11 Å². The number of halogens is 1. The van der Waals surface area contributed by atoms with Crippen molar-refractivity contribution in [3.05, 3.63) is 63.6 Å². The van der Waals surface area contributed by atoms with Gasteiger partial charge in [-0.05, 0) is 56.6 Å². The Labute approximate surface area is 140 Å². The highest BCUT2D eigenvalue weighted by Gasteiger charge is 2.26. The fourth-order valence-electron chi connectivity index (χ4n) is 3.26. The van der Waals surface area contributed by atoms with E-state index < -0.39 is 0 Å². The Bertz CT molecular complexity index is 632. The second kappa shape index (κ2) is 6.84. The van der Waals surface area contributed by atoms with Gasteiger partial charge in [0.05, 0.1) is 6.04 Å². The molecule has 0 aliphatic carbocycles. The molecule has 0 amide bonds. The first kappa shape index (κ1) is 15.6. The van der Waals surface area contributed by atoms with Gasteiger partial charge in [-0.2, -0.15) is 0 Å². The van der Waals surface area contributed by atoms with E-state index in [9.17, 15) is 5.11 Å². The van der Waals surface area contributed by atoms with E-state index in [2.05, 4.69) is 58.1 Å². The summed E-state index contributed by atoms with van der Waals surface area (Å²) >= 11 is 3.54. The molecule has 3 heteroatoms. The first-order valence-corrected chi connectivity index (χ1v) is 8.73. The summed E-state index contributed by atoms with van der Waals surface area (Å²) in [6, 6.07) is 14.5. The number of phenols is 1. The average Bonchev–Trinajstić information content (AvgIpc) is 2.54. The Balaban J connectivity index is 2.05. The summed E-state index contributed by atoms with van der Waals surface area (Å²) in [7, 11) is 0. The number of aromatic hydroxyl groups is 1. The van der Waals surface area contributed by atoms with Crippen LogP contribution in [0, 0.1) is 6.92 Å². The second-order valence-electron chi connectivity index (χ2n) is 6.11. The van der Waals surface area contributed by atoms with Crippen molar-refractivity contribution in [1.29, 1.82) is 0 Å². The van der Waals surface area contributed by atoms with Crippen LogP contribution >= 0.6 is 15.9 Å². The number of aryl methyl sites for hydroxylation is 1. The van der Waals surface area contributed by atoms with E-state index in [1.54, 1.807) is 6.07 Å². The van der Waals surface area contributed by atoms with Crippen molar-refractivity contribution >= 4 is 15.9 Å². The standard InChI is InChI=1S/C19H22BrNO/c1-14-5-7-15(8-6-14)19(21-11-3-2-4-12-21)17-13-16(20)9-10-18(17)22/h5-10,13,19,22H,2-4,11-12H2,1H3. The van der Waals surface area contributed by atoms with Gasteiger partial charge in [0.1, 0.15) is 5.75 Å². The van der Waals surface area contributed by atoms with Crippen LogP contribution in [0.2, 0.25) is 0 Å². The summed E-state index contributed by atoms with van der Waals surface area (Å²) in [6.07, 6.45) is 3.77. The number of hydrogen-bond acceptors (Lipinski definition) is 2. The summed E-state index contributed by atoms with van der Waals surface area (Å²) in [5.74, 6) is 0.374. The normalized spacial score (nSPS) is 17.4. The van der Waals surface area contributed by atoms with Crippen LogP contribution in [0.15, 0.2) is 46.9 Å². The van der Waals surface area contributed by atoms with E-state index in [1.165, 1.54) is 30.4 Å². The zero-order valence-electron chi connectivity index (χ0n) is 12.9. The summed E-state index contributed by atoms with van der Waals surface area (Å²) in [5, 5.41) is 10.4. The van der Waals surface area contributed by atoms with Gasteiger partial charge >= 0.3 is 0 Å². The molecule has 1 aliphatic rings. The second-order valence-corrected chi connectivity index (χ2v) is 7.03. The molecule has 2 nitrogen and oxygen atoms in total. The van der Waals surface area contributed by atoms with Gasteiger partial charge in [0.25, 0.3) is 0 Å². The Morgan fingerprint density at radius 2 is 1.68 bits per heavy atom. The van der Waals surface area contributed by atoms with Gasteiger partial charge < -0.3 is 5.11 Å². The molecule has 0 radical (unpaired) electrons. The van der Waals surface area contributed by atoms with Crippen molar-refractivity contribution in [2.24, 2.45) is 0 Å². The summed E-state index contributed by atoms with van der Waals surface area (Å²) in [5.41, 5.74) is 3.50. The molecule has 0 spiro atoms. The molecule has 2 aromatic carbocycles. The largest absolute Gasteiger partial charge is 0.508 e. The average molecular weight is 360 g/mol. The van der Waals surface area contributed by atoms with Crippen molar-refractivity contribution in [3.8, 4) is 5.75 Å². The topological polar surface area (TPSA) is 23.5 Å². The van der Waals surface area contributed by atoms with Gasteiger partial charge in [-0.1, -0.05) is 52.2 Å². The lowest BCUT2D eigenvalue weighted by Crippen LogP contribution is -2.34. The number of piperidine rings is 1. The minimum atomic E-state index is 0.124. The molecule has 1 unspecified atom stereocenters. The molecule has 1 heterocycles. The molecular weight excluding hydrogens is 338 g/mol. The Kier molecular flexibility index (Phi) is 4.84. The van der Waals surface area contributed by atoms with E-state index in [1.807, 2.05) is 6.07 Å². The van der Waals surface area contributed by atoms with Crippen LogP contribution in [0.5, 0.6) is 5.75 Å². The van der Waals surface area contributed by atoms with Crippen LogP contribution < -0.4 is 0 Å². The van der Waals surface area contributed by atoms with E-state index in [-0.39, 0.29) is 6.04 Å². The van der Waals surface area contributed by atoms with Gasteiger partial charge in [0, 0.05) is 10.0 Å². The number of likely N-dealkylation sites (tertiary alicyclic amines) is 1. The molecule has 1 aliphatic heterocycles. The number of rotatable bonds is 3. The van der Waals surface area contributed by atoms with Gasteiger partial charge in [0.2, 0.25) is 0 Å². The van der Waals surface area contributed by atoms with Gasteiger partial charge in [0.15, 0.2) is 0 Å². The molecule has 3 rings (SSSR count). The molecule has 1 N–H and O–H groups in total. The van der Waals surface area contributed by atoms with Crippen molar-refractivity contribution in [2.75, 3.05) is 13.1 Å². The van der Waals surface area contributed by atoms with E-state index in [0.29, 0.717) is 5.75 Å². The predicted octanol–water partition coefficient (Wildman–Crippen LogP) is 5.04. The van der Waals surface area contributed by atoms with Crippen LogP contribution in [0.1, 0.15) is 42.0 Å². The molecular formula is C19H22BrNO. The molecule has 0 saturated carbocycles. The fourth-order valence-corrected chi connectivity index (χ4v) is 3.64. The monoisotopic (exact) mass is 359 g/mol. The molecule has 1 saturated heterocycles. The highest BCUT2D eigenvalue weighted by atomic mass is 79.9. The Hall–Kier alpha value is -1.32. The molecule has 116 valence electrons. The van der Waals surface area contributed by atoms with E-state index >= 15 is 0 Å². The maximum absolute atomic E-state index is 10.4. The maximum atomic E-state index is 10.4. The molecule has 2 aromatic rings. The lowest BCUT2D eigenvalue weighted by atomic mass is 9.94. The van der Waals surface area contributed by atoms with Crippen LogP contribution in [-0.2, 0) is 0 Å². The molecule has 1 fully saturated rings. The third kappa shape index (κ3) is 3.36. The SMILES string of the molecule is Cc1ccc(C(c2cc(Br)ccc2O)N2CCCCC2)cc1. The lowest BCUT2D eigenvalue weighted by Gasteiger charge is -2.35. The lowest BCUT2D eigenvalue weighted by molar-refractivity contribution is 0.185. The van der Waals surface area contributed by atoms with Gasteiger partial charge in [-0.3, -0.25) is 4.90 Å². The van der Waals surface area contributed by atoms with E-state index in [0.717, 1.165) is 23.1 Å². The smallest absolute Gasteiger partial charge is 0.120 e. The summed E-state index contributed by atoms with van der Waals surface area (Å²) in [4.78, 5) is 2.50. The molecule has 0 aromatic heterocycles. The molecule has 0 bridgehead atoms. The molecule has 22 heavy (non-hydrogen) atoms. The van der Waals surface area contributed by atoms with Crippen molar-refractivity contribution in [3.63, 3.8) is 0 Å². The fraction of sp³-hybridized carbons (Fsp3) is 0.368. The highest BCUT2D eigenvalue weighted by molar-refractivity contribution is 9.10. The van der Waals surface area contributed by atoms with Crippen molar-refractivity contribution in [1.82, 2.24) is 4.90 Å². The minimum absolute atomic E-state index is 0.124. The third-order valence-electron chi connectivity index (χ3n) is 4.43. The quantitative estimate of drug-likeness (QED) is 0.829. The van der Waals surface area contributed by atoms with Crippen LogP contribution in [0.4, 0.5) is 0 Å². The first-order valence-electron chi connectivity index (χ1n) is 7.94. The number of phenolic OH excluding ortho intramolecular Hbond substituents is 1. The van der Waals surface area contributed by atoms with Gasteiger partial charge in [-0.25, -0.2) is 0 Å². The summed E-state index contributed by atoms with van der Waals surface area (Å²) in [6.45, 7) is 4.28. The highest BCUT2D eigenvalue weighted by Crippen LogP contribution is 2.37. The summed E-state index contributed by atoms with van der Waals surface area (Å²) < 4.78 is 1.01. The third-order valence-corrected chi connectivity index (χ3v) is 4.93. The number of nitrogens with zero attached hydrogens (tertiary/aromatic N) is 1. The Morgan fingerprint density at radius 1 is 1.00 bits per heavy atom.